The van der Waals surface area contributed by atoms with E-state index >= 15 is 0 Å². The van der Waals surface area contributed by atoms with Crippen molar-refractivity contribution < 1.29 is 0 Å². The molecule has 14 heavy (non-hydrogen) atoms. The monoisotopic (exact) mass is 192 g/mol. The van der Waals surface area contributed by atoms with Crippen LogP contribution in [0.25, 0.3) is 5.57 Å². The second-order valence-corrected chi connectivity index (χ2v) is 2.99. The van der Waals surface area contributed by atoms with Crippen molar-refractivity contribution in [1.29, 1.82) is 0 Å². The van der Waals surface area contributed by atoms with Crippen molar-refractivity contribution in [1.82, 2.24) is 0 Å². The summed E-state index contributed by atoms with van der Waals surface area (Å²) in [6.07, 6.45) is 0. The van der Waals surface area contributed by atoms with Gasteiger partial charge in [-0.1, -0.05) is 57.2 Å². The molecule has 0 fully saturated rings. The Bertz CT molecular complexity index is 251. The first kappa shape index (κ1) is 15.4. The summed E-state index contributed by atoms with van der Waals surface area (Å²) >= 11 is 0. The van der Waals surface area contributed by atoms with Crippen LogP contribution in [0.15, 0.2) is 35.9 Å². The van der Waals surface area contributed by atoms with E-state index in [-0.39, 0.29) is 7.43 Å². The molecule has 0 aliphatic heterocycles. The zero-order valence-corrected chi connectivity index (χ0v) is 9.39. The molecular weight excluding hydrogens is 168 g/mol. The fourth-order valence-electron chi connectivity index (χ4n) is 0.977. The molecule has 0 nitrogen and oxygen atoms in total. The van der Waals surface area contributed by atoms with Gasteiger partial charge < -0.3 is 0 Å². The third kappa shape index (κ3) is 4.86. The highest BCUT2D eigenvalue weighted by Gasteiger charge is 1.93. The number of allylic oxidation sites excluding steroid dienone is 2. The largest absolute Gasteiger partial charge is 0.0776 e. The van der Waals surface area contributed by atoms with E-state index in [4.69, 9.17) is 0 Å². The van der Waals surface area contributed by atoms with E-state index in [0.29, 0.717) is 0 Å². The fourth-order valence-corrected chi connectivity index (χ4v) is 0.977. The van der Waals surface area contributed by atoms with Crippen LogP contribution in [0.4, 0.5) is 0 Å². The molecule has 0 spiro atoms. The average Bonchev–Trinajstić information content (AvgIpc) is 2.21. The van der Waals surface area contributed by atoms with Crippen LogP contribution in [0.5, 0.6) is 0 Å². The van der Waals surface area contributed by atoms with E-state index in [0.717, 1.165) is 0 Å². The maximum atomic E-state index is 2.16. The zero-order valence-electron chi connectivity index (χ0n) is 9.39. The van der Waals surface area contributed by atoms with Crippen molar-refractivity contribution in [3.63, 3.8) is 0 Å². The predicted octanol–water partition coefficient (Wildman–Crippen LogP) is 5.16. The molecule has 0 bridgehead atoms. The van der Waals surface area contributed by atoms with E-state index in [2.05, 4.69) is 45.0 Å². The quantitative estimate of drug-likeness (QED) is 0.576. The van der Waals surface area contributed by atoms with Crippen molar-refractivity contribution in [3.05, 3.63) is 41.5 Å². The van der Waals surface area contributed by atoms with Crippen molar-refractivity contribution >= 4 is 5.57 Å². The van der Waals surface area contributed by atoms with Crippen molar-refractivity contribution in [2.45, 2.75) is 42.0 Å². The summed E-state index contributed by atoms with van der Waals surface area (Å²) in [6, 6.07) is 10.5. The molecule has 0 heteroatoms. The number of hydrogen-bond donors (Lipinski definition) is 0. The highest BCUT2D eigenvalue weighted by Crippen LogP contribution is 2.16. The van der Waals surface area contributed by atoms with Gasteiger partial charge in [0.2, 0.25) is 0 Å². The molecule has 0 aromatic heterocycles. The molecule has 0 saturated carbocycles. The lowest BCUT2D eigenvalue weighted by atomic mass is 10.0. The van der Waals surface area contributed by atoms with Gasteiger partial charge in [-0.05, 0) is 31.9 Å². The van der Waals surface area contributed by atoms with Crippen LogP contribution < -0.4 is 0 Å². The lowest BCUT2D eigenvalue weighted by Crippen LogP contribution is -1.79. The summed E-state index contributed by atoms with van der Waals surface area (Å²) < 4.78 is 0. The summed E-state index contributed by atoms with van der Waals surface area (Å²) in [6.45, 7) is 10.4. The molecule has 1 rings (SSSR count). The Labute approximate surface area is 89.7 Å². The SMILES string of the molecule is C.CC.CC(C)=C(C)c1ccccc1. The molecule has 0 radical (unpaired) electrons. The smallest absolute Gasteiger partial charge is 0.0228 e. The van der Waals surface area contributed by atoms with Crippen LogP contribution in [0.2, 0.25) is 0 Å². The molecule has 0 atom stereocenters. The van der Waals surface area contributed by atoms with E-state index in [1.807, 2.05) is 19.9 Å². The molecule has 80 valence electrons. The molecule has 1 aromatic carbocycles. The maximum absolute atomic E-state index is 2.16. The van der Waals surface area contributed by atoms with Gasteiger partial charge in [0.25, 0.3) is 0 Å². The molecule has 0 amide bonds. The molecule has 0 aliphatic carbocycles. The van der Waals surface area contributed by atoms with Crippen molar-refractivity contribution in [2.75, 3.05) is 0 Å². The van der Waals surface area contributed by atoms with Crippen LogP contribution in [-0.4, -0.2) is 0 Å². The third-order valence-electron chi connectivity index (χ3n) is 1.96. The Morgan fingerprint density at radius 2 is 1.29 bits per heavy atom. The van der Waals surface area contributed by atoms with E-state index in [1.54, 1.807) is 0 Å². The summed E-state index contributed by atoms with van der Waals surface area (Å²) in [5.74, 6) is 0. The lowest BCUT2D eigenvalue weighted by molar-refractivity contribution is 1.36. The van der Waals surface area contributed by atoms with Crippen LogP contribution in [-0.2, 0) is 0 Å². The highest BCUT2D eigenvalue weighted by molar-refractivity contribution is 5.65. The van der Waals surface area contributed by atoms with Crippen molar-refractivity contribution in [3.8, 4) is 0 Å². The fraction of sp³-hybridized carbons (Fsp3) is 0.429. The summed E-state index contributed by atoms with van der Waals surface area (Å²) in [5, 5.41) is 0. The second kappa shape index (κ2) is 8.55. The third-order valence-corrected chi connectivity index (χ3v) is 1.96. The Balaban J connectivity index is 0. The lowest BCUT2D eigenvalue weighted by Gasteiger charge is -2.02. The van der Waals surface area contributed by atoms with Gasteiger partial charge in [-0.2, -0.15) is 0 Å². The second-order valence-electron chi connectivity index (χ2n) is 2.99. The minimum absolute atomic E-state index is 0. The number of hydrogen-bond acceptors (Lipinski definition) is 0. The molecule has 0 saturated heterocycles. The predicted molar refractivity (Wildman–Crippen MR) is 68.5 cm³/mol. The van der Waals surface area contributed by atoms with E-state index < -0.39 is 0 Å². The zero-order chi connectivity index (χ0) is 10.3. The topological polar surface area (TPSA) is 0 Å². The Morgan fingerprint density at radius 3 is 1.64 bits per heavy atom. The van der Waals surface area contributed by atoms with Gasteiger partial charge in [-0.3, -0.25) is 0 Å². The van der Waals surface area contributed by atoms with Gasteiger partial charge in [-0.15, -0.1) is 0 Å². The Hall–Kier alpha value is -1.04. The Kier molecular flexibility index (Phi) is 9.43. The Morgan fingerprint density at radius 1 is 0.857 bits per heavy atom. The molecule has 0 N–H and O–H groups in total. The van der Waals surface area contributed by atoms with Crippen molar-refractivity contribution in [2.24, 2.45) is 0 Å². The van der Waals surface area contributed by atoms with Gasteiger partial charge in [0, 0.05) is 0 Å². The van der Waals surface area contributed by atoms with Crippen LogP contribution >= 0.6 is 0 Å². The highest BCUT2D eigenvalue weighted by atomic mass is 14.0. The van der Waals surface area contributed by atoms with Gasteiger partial charge in [0.1, 0.15) is 0 Å². The maximum Gasteiger partial charge on any atom is -0.0228 e. The van der Waals surface area contributed by atoms with Gasteiger partial charge in [-0.25, -0.2) is 0 Å². The first-order valence-corrected chi connectivity index (χ1v) is 4.91. The standard InChI is InChI=1S/C11H14.C2H6.CH4/c1-9(2)10(3)11-7-5-4-6-8-11;1-2;/h4-8H,1-3H3;1-2H3;1H4. The van der Waals surface area contributed by atoms with Crippen LogP contribution in [0.1, 0.15) is 47.6 Å². The number of benzene rings is 1. The van der Waals surface area contributed by atoms with E-state index in [1.165, 1.54) is 16.7 Å². The molecule has 1 aromatic rings. The molecule has 0 heterocycles. The van der Waals surface area contributed by atoms with Gasteiger partial charge >= 0.3 is 0 Å². The first-order valence-electron chi connectivity index (χ1n) is 4.91. The van der Waals surface area contributed by atoms with E-state index in [9.17, 15) is 0 Å². The normalized spacial score (nSPS) is 7.79. The average molecular weight is 192 g/mol. The van der Waals surface area contributed by atoms with Gasteiger partial charge in [0.05, 0.1) is 0 Å². The van der Waals surface area contributed by atoms with Crippen LogP contribution in [0, 0.1) is 0 Å². The molecule has 0 aliphatic rings. The molecule has 0 unspecified atom stereocenters. The molecular formula is C14H24. The summed E-state index contributed by atoms with van der Waals surface area (Å²) in [5.41, 5.74) is 4.09. The minimum Gasteiger partial charge on any atom is -0.0776 e. The first-order chi connectivity index (χ1) is 6.22. The number of rotatable bonds is 1. The van der Waals surface area contributed by atoms with Crippen LogP contribution in [0.3, 0.4) is 0 Å². The van der Waals surface area contributed by atoms with Gasteiger partial charge in [0.15, 0.2) is 0 Å². The summed E-state index contributed by atoms with van der Waals surface area (Å²) in [7, 11) is 0. The minimum atomic E-state index is 0. The summed E-state index contributed by atoms with van der Waals surface area (Å²) in [4.78, 5) is 0.